The molecule has 1 fully saturated rings. The molecule has 1 aromatic heterocycles. The Morgan fingerprint density at radius 1 is 1.11 bits per heavy atom. The fourth-order valence-electron chi connectivity index (χ4n) is 4.80. The van der Waals surface area contributed by atoms with E-state index in [0.717, 1.165) is 6.07 Å². The van der Waals surface area contributed by atoms with E-state index in [9.17, 15) is 17.6 Å². The van der Waals surface area contributed by atoms with Gasteiger partial charge in [-0.15, -0.1) is 0 Å². The quantitative estimate of drug-likeness (QED) is 0.251. The average molecular weight is 529 g/mol. The van der Waals surface area contributed by atoms with Crippen molar-refractivity contribution in [1.82, 2.24) is 14.8 Å². The molecule has 2 aromatic rings. The number of alkyl halides is 3. The number of aryl methyl sites for hydroxylation is 1. The van der Waals surface area contributed by atoms with E-state index in [0.29, 0.717) is 54.7 Å². The van der Waals surface area contributed by atoms with Crippen molar-refractivity contribution in [2.24, 2.45) is 10.7 Å². The first-order valence-electron chi connectivity index (χ1n) is 12.5. The first-order chi connectivity index (χ1) is 18.0. The molecule has 2 aliphatic rings. The highest BCUT2D eigenvalue weighted by molar-refractivity contribution is 5.99. The monoisotopic (exact) mass is 528 g/mol. The molecule has 2 aliphatic heterocycles. The molecule has 2 N–H and O–H groups in total. The molecule has 0 amide bonds. The smallest absolute Gasteiger partial charge is 0.398 e. The van der Waals surface area contributed by atoms with Gasteiger partial charge in [0.25, 0.3) is 0 Å². The summed E-state index contributed by atoms with van der Waals surface area (Å²) in [5.41, 5.74) is 7.18. The first kappa shape index (κ1) is 27.2. The highest BCUT2D eigenvalue weighted by atomic mass is 19.4. The Kier molecular flexibility index (Phi) is 7.80. The highest BCUT2D eigenvalue weighted by Gasteiger charge is 2.36. The van der Waals surface area contributed by atoms with Crippen LogP contribution in [0, 0.1) is 12.7 Å². The molecule has 2 atom stereocenters. The van der Waals surface area contributed by atoms with Gasteiger partial charge in [0.2, 0.25) is 0 Å². The van der Waals surface area contributed by atoms with Crippen LogP contribution in [0.5, 0.6) is 0 Å². The predicted octanol–water partition coefficient (Wildman–Crippen LogP) is 5.19. The van der Waals surface area contributed by atoms with Crippen molar-refractivity contribution in [3.63, 3.8) is 0 Å². The van der Waals surface area contributed by atoms with Gasteiger partial charge in [0.05, 0.1) is 5.56 Å². The minimum Gasteiger partial charge on any atom is -0.398 e. The molecule has 0 bridgehead atoms. The van der Waals surface area contributed by atoms with E-state index in [-0.39, 0.29) is 23.7 Å². The van der Waals surface area contributed by atoms with Crippen LogP contribution in [0.25, 0.3) is 5.70 Å². The van der Waals surface area contributed by atoms with Crippen molar-refractivity contribution in [2.75, 3.05) is 31.1 Å². The third-order valence-electron chi connectivity index (χ3n) is 6.86. The standard InChI is InChI=1S/C28H32F4N6/c1-18-16-22(9-10-24(18)29)25(33)17-26(35-21(4)38-19(2)7-8-20(38)3)36-12-14-37(15-13-36)27-23(28(30,31)32)6-5-11-34-27/h5-11,16-17,19-20H,4,12-15,33H2,1-3H3/b25-17-,35-26?. The van der Waals surface area contributed by atoms with Crippen molar-refractivity contribution >= 4 is 17.4 Å². The number of hydrogen-bond donors (Lipinski definition) is 1. The normalized spacial score (nSPS) is 20.9. The Morgan fingerprint density at radius 2 is 1.76 bits per heavy atom. The average Bonchev–Trinajstić information content (AvgIpc) is 3.22. The van der Waals surface area contributed by atoms with Gasteiger partial charge < -0.3 is 20.4 Å². The Hall–Kier alpha value is -3.82. The van der Waals surface area contributed by atoms with Gasteiger partial charge in [0, 0.05) is 56.2 Å². The molecule has 0 aliphatic carbocycles. The van der Waals surface area contributed by atoms with E-state index < -0.39 is 11.7 Å². The molecule has 0 spiro atoms. The molecular weight excluding hydrogens is 496 g/mol. The summed E-state index contributed by atoms with van der Waals surface area (Å²) >= 11 is 0. The third kappa shape index (κ3) is 5.84. The lowest BCUT2D eigenvalue weighted by Crippen LogP contribution is -2.49. The lowest BCUT2D eigenvalue weighted by molar-refractivity contribution is -0.137. The van der Waals surface area contributed by atoms with E-state index in [2.05, 4.69) is 42.5 Å². The number of aliphatic imine (C=N–C) groups is 1. The number of aromatic nitrogens is 1. The van der Waals surface area contributed by atoms with Crippen LogP contribution in [0.4, 0.5) is 23.4 Å². The molecule has 3 heterocycles. The number of pyridine rings is 1. The zero-order valence-electron chi connectivity index (χ0n) is 21.7. The zero-order valence-corrected chi connectivity index (χ0v) is 21.7. The summed E-state index contributed by atoms with van der Waals surface area (Å²) in [6, 6.07) is 7.21. The molecule has 202 valence electrons. The van der Waals surface area contributed by atoms with E-state index in [1.165, 1.54) is 18.3 Å². The lowest BCUT2D eigenvalue weighted by atomic mass is 10.1. The summed E-state index contributed by atoms with van der Waals surface area (Å²) in [4.78, 5) is 14.5. The number of anilines is 1. The first-order valence-corrected chi connectivity index (χ1v) is 12.5. The number of hydrogen-bond acceptors (Lipinski definition) is 5. The van der Waals surface area contributed by atoms with Gasteiger partial charge in [-0.25, -0.2) is 14.4 Å². The second-order valence-electron chi connectivity index (χ2n) is 9.57. The maximum absolute atomic E-state index is 13.8. The number of nitrogens with two attached hydrogens (primary N) is 1. The van der Waals surface area contributed by atoms with Crippen LogP contribution in [0.2, 0.25) is 0 Å². The van der Waals surface area contributed by atoms with Crippen molar-refractivity contribution in [1.29, 1.82) is 0 Å². The van der Waals surface area contributed by atoms with Gasteiger partial charge in [-0.2, -0.15) is 13.2 Å². The molecule has 2 unspecified atom stereocenters. The van der Waals surface area contributed by atoms with Gasteiger partial charge in [-0.1, -0.05) is 18.7 Å². The van der Waals surface area contributed by atoms with Gasteiger partial charge in [0.1, 0.15) is 23.3 Å². The minimum absolute atomic E-state index is 0.0785. The van der Waals surface area contributed by atoms with Crippen LogP contribution in [-0.4, -0.2) is 58.9 Å². The summed E-state index contributed by atoms with van der Waals surface area (Å²) in [6.07, 6.45) is 2.76. The maximum atomic E-state index is 13.8. The number of benzene rings is 1. The molecule has 0 saturated carbocycles. The Labute approximate surface area is 220 Å². The minimum atomic E-state index is -4.49. The van der Waals surface area contributed by atoms with E-state index in [1.807, 2.05) is 4.90 Å². The molecule has 1 saturated heterocycles. The summed E-state index contributed by atoms with van der Waals surface area (Å²) < 4.78 is 54.5. The van der Waals surface area contributed by atoms with Crippen LogP contribution < -0.4 is 10.6 Å². The van der Waals surface area contributed by atoms with Gasteiger partial charge in [-0.3, -0.25) is 0 Å². The van der Waals surface area contributed by atoms with E-state index in [4.69, 9.17) is 10.7 Å². The van der Waals surface area contributed by atoms with Crippen LogP contribution >= 0.6 is 0 Å². The fraction of sp³-hybridized carbons (Fsp3) is 0.357. The largest absolute Gasteiger partial charge is 0.419 e. The molecule has 6 nitrogen and oxygen atoms in total. The second kappa shape index (κ2) is 10.9. The maximum Gasteiger partial charge on any atom is 0.419 e. The number of rotatable bonds is 5. The van der Waals surface area contributed by atoms with Crippen molar-refractivity contribution in [3.8, 4) is 0 Å². The third-order valence-corrected chi connectivity index (χ3v) is 6.86. The SMILES string of the molecule is C=C(N=C(/C=C(\N)c1ccc(F)c(C)c1)N1CCN(c2ncccc2C(F)(F)F)CC1)N1C(C)C=CC1C. The molecule has 0 radical (unpaired) electrons. The zero-order chi connectivity index (χ0) is 27.6. The van der Waals surface area contributed by atoms with Crippen LogP contribution in [0.3, 0.4) is 0 Å². The number of halogens is 4. The van der Waals surface area contributed by atoms with Gasteiger partial charge in [0.15, 0.2) is 0 Å². The topological polar surface area (TPSA) is 61.0 Å². The van der Waals surface area contributed by atoms with Crippen LogP contribution in [0.15, 0.2) is 72.1 Å². The molecular formula is C28H32F4N6. The molecule has 4 rings (SSSR count). The predicted molar refractivity (Wildman–Crippen MR) is 143 cm³/mol. The van der Waals surface area contributed by atoms with Gasteiger partial charge >= 0.3 is 6.18 Å². The highest BCUT2D eigenvalue weighted by Crippen LogP contribution is 2.35. The van der Waals surface area contributed by atoms with Crippen LogP contribution in [0.1, 0.15) is 30.5 Å². The summed E-state index contributed by atoms with van der Waals surface area (Å²) in [5, 5.41) is 0. The fourth-order valence-corrected chi connectivity index (χ4v) is 4.80. The lowest BCUT2D eigenvalue weighted by Gasteiger charge is -2.38. The molecule has 38 heavy (non-hydrogen) atoms. The summed E-state index contributed by atoms with van der Waals surface area (Å²) in [5.74, 6) is 0.690. The van der Waals surface area contributed by atoms with E-state index >= 15 is 0 Å². The number of amidine groups is 1. The second-order valence-corrected chi connectivity index (χ2v) is 9.57. The Bertz CT molecular complexity index is 1260. The molecule has 10 heteroatoms. The summed E-state index contributed by atoms with van der Waals surface area (Å²) in [7, 11) is 0. The molecule has 1 aromatic carbocycles. The van der Waals surface area contributed by atoms with Crippen molar-refractivity contribution < 1.29 is 17.6 Å². The van der Waals surface area contributed by atoms with Gasteiger partial charge in [-0.05, 0) is 62.2 Å². The van der Waals surface area contributed by atoms with E-state index in [1.54, 1.807) is 30.0 Å². The Balaban J connectivity index is 1.62. The number of piperazine rings is 1. The van der Waals surface area contributed by atoms with Crippen molar-refractivity contribution in [2.45, 2.75) is 39.0 Å². The summed E-state index contributed by atoms with van der Waals surface area (Å²) in [6.45, 7) is 11.4. The Morgan fingerprint density at radius 3 is 2.37 bits per heavy atom. The van der Waals surface area contributed by atoms with Crippen LogP contribution in [-0.2, 0) is 6.18 Å². The number of nitrogens with zero attached hydrogens (tertiary/aromatic N) is 5. The van der Waals surface area contributed by atoms with Crippen molar-refractivity contribution in [3.05, 3.63) is 89.7 Å².